The molecule has 0 fully saturated rings. The zero-order valence-electron chi connectivity index (χ0n) is 19.5. The summed E-state index contributed by atoms with van der Waals surface area (Å²) in [7, 11) is 1.22. The van der Waals surface area contributed by atoms with Crippen molar-refractivity contribution in [3.05, 3.63) is 23.5 Å². The molecule has 0 rings (SSSR count). The van der Waals surface area contributed by atoms with Crippen molar-refractivity contribution in [3.8, 4) is 0 Å². The van der Waals surface area contributed by atoms with Crippen LogP contribution in [0.25, 0.3) is 0 Å². The van der Waals surface area contributed by atoms with Crippen LogP contribution >= 0.6 is 0 Å². The minimum absolute atomic E-state index is 0. The van der Waals surface area contributed by atoms with Crippen LogP contribution in [0.3, 0.4) is 0 Å². The van der Waals surface area contributed by atoms with Gasteiger partial charge in [0, 0.05) is 29.6 Å². The average Bonchev–Trinajstić information content (AvgIpc) is 2.71. The predicted octanol–water partition coefficient (Wildman–Crippen LogP) is 4.77. The second kappa shape index (κ2) is 21.4. The molecule has 0 aliphatic rings. The number of hydrogen-bond donors (Lipinski definition) is 2. The topological polar surface area (TPSA) is 93.1 Å². The Morgan fingerprint density at radius 3 is 2.23 bits per heavy atom. The summed E-state index contributed by atoms with van der Waals surface area (Å²) in [4.78, 5) is 23.4. The molecule has 1 unspecified atom stereocenters. The number of aliphatic hydroxyl groups is 2. The van der Waals surface area contributed by atoms with Crippen LogP contribution in [-0.2, 0) is 19.1 Å². The van der Waals surface area contributed by atoms with Crippen LogP contribution in [0.1, 0.15) is 90.9 Å². The third-order valence-electron chi connectivity index (χ3n) is 4.70. The molecule has 0 aromatic carbocycles. The first-order valence-corrected chi connectivity index (χ1v) is 11.0. The van der Waals surface area contributed by atoms with Crippen LogP contribution in [0.4, 0.5) is 0 Å². The van der Waals surface area contributed by atoms with Crippen molar-refractivity contribution in [3.63, 3.8) is 0 Å². The molecule has 1 radical (unpaired) electrons. The number of allylic oxidation sites excluding steroid dienone is 1. The minimum atomic E-state index is -0.898. The molecule has 6 nitrogen and oxygen atoms in total. The van der Waals surface area contributed by atoms with E-state index in [4.69, 9.17) is 4.74 Å². The van der Waals surface area contributed by atoms with E-state index in [1.807, 2.05) is 0 Å². The Labute approximate surface area is 204 Å². The van der Waals surface area contributed by atoms with E-state index >= 15 is 0 Å². The Balaban J connectivity index is 0. The molecule has 0 saturated heterocycles. The molecule has 0 amide bonds. The van der Waals surface area contributed by atoms with Gasteiger partial charge in [-0.15, -0.1) is 0 Å². The van der Waals surface area contributed by atoms with E-state index in [1.165, 1.54) is 26.4 Å². The van der Waals surface area contributed by atoms with E-state index < -0.39 is 17.7 Å². The van der Waals surface area contributed by atoms with Gasteiger partial charge in [-0.05, 0) is 45.4 Å². The van der Waals surface area contributed by atoms with Gasteiger partial charge in [-0.1, -0.05) is 57.6 Å². The largest absolute Gasteiger partial charge is 0.501 e. The van der Waals surface area contributed by atoms with Crippen LogP contribution in [0.5, 0.6) is 0 Å². The number of esters is 2. The van der Waals surface area contributed by atoms with E-state index in [0.717, 1.165) is 38.5 Å². The normalized spacial score (nSPS) is 12.8. The van der Waals surface area contributed by atoms with Crippen LogP contribution in [-0.4, -0.2) is 71.5 Å². The fourth-order valence-electron chi connectivity index (χ4n) is 2.98. The van der Waals surface area contributed by atoms with Gasteiger partial charge in [-0.2, -0.15) is 0 Å². The Kier molecular flexibility index (Phi) is 22.4. The van der Waals surface area contributed by atoms with E-state index in [0.29, 0.717) is 12.8 Å². The van der Waals surface area contributed by atoms with Gasteiger partial charge < -0.3 is 19.7 Å². The van der Waals surface area contributed by atoms with Gasteiger partial charge in [0.1, 0.15) is 0 Å². The maximum Gasteiger partial charge on any atom is 0.373 e. The molecular weight excluding hydrogens is 395 g/mol. The van der Waals surface area contributed by atoms with Gasteiger partial charge in [0.25, 0.3) is 0 Å². The molecule has 30 heavy (non-hydrogen) atoms. The number of rotatable bonds is 17. The third-order valence-corrected chi connectivity index (χ3v) is 4.70. The van der Waals surface area contributed by atoms with Gasteiger partial charge in [-0.25, -0.2) is 9.59 Å². The van der Waals surface area contributed by atoms with Crippen LogP contribution < -0.4 is 0 Å². The molecule has 0 aliphatic heterocycles. The first-order chi connectivity index (χ1) is 14.0. The molecule has 0 bridgehead atoms. The second-order valence-corrected chi connectivity index (χ2v) is 7.20. The van der Waals surface area contributed by atoms with Gasteiger partial charge in [0.2, 0.25) is 5.76 Å². The Hall–Kier alpha value is -0.820. The van der Waals surface area contributed by atoms with Crippen molar-refractivity contribution < 1.29 is 29.3 Å². The minimum Gasteiger partial charge on any atom is -0.501 e. The molecule has 0 aliphatic carbocycles. The van der Waals surface area contributed by atoms with Gasteiger partial charge >= 0.3 is 11.9 Å². The summed E-state index contributed by atoms with van der Waals surface area (Å²) in [5, 5.41) is 19.8. The average molecular weight is 436 g/mol. The first kappa shape index (κ1) is 31.4. The zero-order chi connectivity index (χ0) is 21.9. The summed E-state index contributed by atoms with van der Waals surface area (Å²) in [6.07, 6.45) is 15.0. The fourth-order valence-corrected chi connectivity index (χ4v) is 2.98. The Morgan fingerprint density at radius 1 is 0.933 bits per heavy atom. The number of carbonyl (C=O) groups excluding carboxylic acids is 2. The predicted molar refractivity (Wildman–Crippen MR) is 120 cm³/mol. The van der Waals surface area contributed by atoms with Crippen LogP contribution in [0.15, 0.2) is 23.5 Å². The molecule has 0 heterocycles. The standard InChI is InChI=1S/C23H40O6.Na/c1-4-6-7-13-16-19(24)17-14-11-9-8-10-12-15-18-20(22(26)28-3)21(25)23(27)29-5-2;/h11,14,19,24-25H,4-10,12-13,15-18H2,1-3H3;/b14-11+,21-20-;. The molecular formula is C23H40NaO6. The van der Waals surface area contributed by atoms with E-state index in [2.05, 4.69) is 23.8 Å². The van der Waals surface area contributed by atoms with Gasteiger partial charge in [0.15, 0.2) is 0 Å². The summed E-state index contributed by atoms with van der Waals surface area (Å²) < 4.78 is 9.38. The molecule has 0 saturated carbocycles. The molecule has 7 heteroatoms. The summed E-state index contributed by atoms with van der Waals surface area (Å²) in [6, 6.07) is 0. The number of unbranched alkanes of at least 4 members (excludes halogenated alkanes) is 7. The van der Waals surface area contributed by atoms with Crippen molar-refractivity contribution in [2.45, 2.75) is 97.0 Å². The molecule has 1 atom stereocenters. The number of carbonyl (C=O) groups is 2. The van der Waals surface area contributed by atoms with Gasteiger partial charge in [0.05, 0.1) is 25.4 Å². The molecule has 0 aromatic rings. The second-order valence-electron chi connectivity index (χ2n) is 7.20. The van der Waals surface area contributed by atoms with Crippen molar-refractivity contribution in [1.82, 2.24) is 0 Å². The summed E-state index contributed by atoms with van der Waals surface area (Å²) in [6.45, 7) is 3.94. The first-order valence-electron chi connectivity index (χ1n) is 11.0. The number of methoxy groups -OCH3 is 1. The van der Waals surface area contributed by atoms with Crippen molar-refractivity contribution >= 4 is 41.5 Å². The van der Waals surface area contributed by atoms with Crippen molar-refractivity contribution in [2.75, 3.05) is 13.7 Å². The van der Waals surface area contributed by atoms with Crippen molar-refractivity contribution in [2.24, 2.45) is 0 Å². The third kappa shape index (κ3) is 15.9. The molecule has 0 spiro atoms. The van der Waals surface area contributed by atoms with E-state index in [-0.39, 0.29) is 54.3 Å². The monoisotopic (exact) mass is 435 g/mol. The summed E-state index contributed by atoms with van der Waals surface area (Å²) >= 11 is 0. The van der Waals surface area contributed by atoms with E-state index in [1.54, 1.807) is 6.92 Å². The Bertz CT molecular complexity index is 516. The quantitative estimate of drug-likeness (QED) is 0.0853. The fraction of sp³-hybridized carbons (Fsp3) is 0.739. The number of hydrogen-bond acceptors (Lipinski definition) is 6. The van der Waals surface area contributed by atoms with Crippen molar-refractivity contribution in [1.29, 1.82) is 0 Å². The zero-order valence-corrected chi connectivity index (χ0v) is 21.5. The summed E-state index contributed by atoms with van der Waals surface area (Å²) in [5.41, 5.74) is -0.0289. The number of ether oxygens (including phenoxy) is 2. The number of aliphatic hydroxyl groups excluding tert-OH is 2. The molecule has 2 N–H and O–H groups in total. The molecule has 0 aromatic heterocycles. The smallest absolute Gasteiger partial charge is 0.373 e. The van der Waals surface area contributed by atoms with Gasteiger partial charge in [-0.3, -0.25) is 0 Å². The van der Waals surface area contributed by atoms with E-state index in [9.17, 15) is 19.8 Å². The Morgan fingerprint density at radius 2 is 1.60 bits per heavy atom. The maximum atomic E-state index is 11.8. The SMILES string of the molecule is CCCCCCC(O)C/C=C/CCCCCC/C(C(=O)OC)=C(/O)C(=O)OCC.[Na]. The van der Waals surface area contributed by atoms with Crippen LogP contribution in [0.2, 0.25) is 0 Å². The molecule has 169 valence electrons. The summed E-state index contributed by atoms with van der Waals surface area (Å²) in [5.74, 6) is -2.26. The van der Waals surface area contributed by atoms with Crippen LogP contribution in [0, 0.1) is 0 Å². The maximum absolute atomic E-state index is 11.8.